The van der Waals surface area contributed by atoms with Crippen LogP contribution in [0, 0.1) is 10.1 Å². The molecule has 25 heavy (non-hydrogen) atoms. The summed E-state index contributed by atoms with van der Waals surface area (Å²) in [6.07, 6.45) is 1.13. The summed E-state index contributed by atoms with van der Waals surface area (Å²) in [6.45, 7) is 0. The van der Waals surface area contributed by atoms with Crippen molar-refractivity contribution in [2.75, 3.05) is 7.11 Å². The van der Waals surface area contributed by atoms with Crippen LogP contribution < -0.4 is 10.1 Å². The van der Waals surface area contributed by atoms with Gasteiger partial charge in [0.05, 0.1) is 12.0 Å². The summed E-state index contributed by atoms with van der Waals surface area (Å²) < 4.78 is 4.89. The number of hydrogen-bond donors (Lipinski definition) is 2. The maximum Gasteiger partial charge on any atom is 0.352 e. The molecule has 2 aromatic carbocycles. The number of benzene rings is 2. The van der Waals surface area contributed by atoms with Gasteiger partial charge >= 0.3 is 11.7 Å². The molecule has 0 saturated carbocycles. The third-order valence-electron chi connectivity index (χ3n) is 3.23. The molecule has 0 radical (unpaired) electrons. The molecule has 128 valence electrons. The zero-order chi connectivity index (χ0) is 18.4. The molecule has 0 heterocycles. The van der Waals surface area contributed by atoms with E-state index in [9.17, 15) is 24.8 Å². The lowest BCUT2D eigenvalue weighted by molar-refractivity contribution is -0.385. The maximum absolute atomic E-state index is 12.1. The van der Waals surface area contributed by atoms with E-state index in [0.717, 1.165) is 12.1 Å². The monoisotopic (exact) mass is 342 g/mol. The third kappa shape index (κ3) is 4.41. The first-order chi connectivity index (χ1) is 11.9. The Morgan fingerprint density at radius 1 is 1.20 bits per heavy atom. The highest BCUT2D eigenvalue weighted by Crippen LogP contribution is 2.28. The molecule has 0 atom stereocenters. The summed E-state index contributed by atoms with van der Waals surface area (Å²) in [5.74, 6) is -1.92. The van der Waals surface area contributed by atoms with E-state index in [1.807, 2.05) is 0 Å². The molecule has 0 aliphatic heterocycles. The van der Waals surface area contributed by atoms with Gasteiger partial charge in [-0.25, -0.2) is 4.79 Å². The number of nitro benzene ring substituents is 1. The second-order valence-corrected chi connectivity index (χ2v) is 4.87. The normalized spacial score (nSPS) is 10.8. The second-order valence-electron chi connectivity index (χ2n) is 4.87. The number of nitrogens with zero attached hydrogens (tertiary/aromatic N) is 1. The molecule has 8 heteroatoms. The Balaban J connectivity index is 2.34. The Bertz CT molecular complexity index is 845. The third-order valence-corrected chi connectivity index (χ3v) is 3.23. The van der Waals surface area contributed by atoms with E-state index in [4.69, 9.17) is 4.74 Å². The first kappa shape index (κ1) is 17.7. The number of carbonyl (C=O) groups excluding carboxylic acids is 1. The molecule has 0 aliphatic carbocycles. The lowest BCUT2D eigenvalue weighted by Crippen LogP contribution is -2.27. The number of amides is 1. The topological polar surface area (TPSA) is 119 Å². The lowest BCUT2D eigenvalue weighted by atomic mass is 10.1. The van der Waals surface area contributed by atoms with Gasteiger partial charge in [0.25, 0.3) is 5.91 Å². The van der Waals surface area contributed by atoms with Crippen LogP contribution in [0.4, 0.5) is 5.69 Å². The van der Waals surface area contributed by atoms with Crippen molar-refractivity contribution in [1.29, 1.82) is 0 Å². The van der Waals surface area contributed by atoms with E-state index in [-0.39, 0.29) is 22.6 Å². The Morgan fingerprint density at radius 3 is 2.44 bits per heavy atom. The smallest absolute Gasteiger partial charge is 0.352 e. The average molecular weight is 342 g/mol. The highest BCUT2D eigenvalue weighted by molar-refractivity contribution is 6.02. The van der Waals surface area contributed by atoms with Crippen LogP contribution in [0.1, 0.15) is 15.9 Å². The van der Waals surface area contributed by atoms with E-state index in [1.165, 1.54) is 31.4 Å². The molecular weight excluding hydrogens is 328 g/mol. The maximum atomic E-state index is 12.1. The van der Waals surface area contributed by atoms with Crippen LogP contribution in [0.5, 0.6) is 5.75 Å². The number of nitrogens with one attached hydrogen (secondary N) is 1. The van der Waals surface area contributed by atoms with E-state index in [0.29, 0.717) is 0 Å². The number of nitro groups is 1. The molecule has 2 rings (SSSR count). The number of rotatable bonds is 6. The number of carbonyl (C=O) groups is 2. The van der Waals surface area contributed by atoms with Crippen molar-refractivity contribution in [3.8, 4) is 5.75 Å². The summed E-state index contributed by atoms with van der Waals surface area (Å²) in [7, 11) is 1.29. The fourth-order valence-corrected chi connectivity index (χ4v) is 2.04. The summed E-state index contributed by atoms with van der Waals surface area (Å²) in [4.78, 5) is 33.8. The van der Waals surface area contributed by atoms with Crippen LogP contribution >= 0.6 is 0 Å². The van der Waals surface area contributed by atoms with Gasteiger partial charge in [-0.1, -0.05) is 24.3 Å². The second kappa shape index (κ2) is 7.73. The summed E-state index contributed by atoms with van der Waals surface area (Å²) >= 11 is 0. The van der Waals surface area contributed by atoms with Gasteiger partial charge in [0, 0.05) is 11.6 Å². The van der Waals surface area contributed by atoms with Crippen molar-refractivity contribution in [1.82, 2.24) is 5.32 Å². The number of carboxylic acids is 1. The lowest BCUT2D eigenvalue weighted by Gasteiger charge is -2.07. The van der Waals surface area contributed by atoms with Gasteiger partial charge in [-0.3, -0.25) is 14.9 Å². The highest BCUT2D eigenvalue weighted by Gasteiger charge is 2.17. The van der Waals surface area contributed by atoms with Crippen LogP contribution in [-0.4, -0.2) is 29.0 Å². The Kier molecular flexibility index (Phi) is 5.47. The van der Waals surface area contributed by atoms with Gasteiger partial charge in [-0.05, 0) is 29.8 Å². The Morgan fingerprint density at radius 2 is 1.88 bits per heavy atom. The van der Waals surface area contributed by atoms with Crippen molar-refractivity contribution >= 4 is 23.6 Å². The molecule has 0 unspecified atom stereocenters. The van der Waals surface area contributed by atoms with Gasteiger partial charge in [-0.15, -0.1) is 0 Å². The minimum Gasteiger partial charge on any atom is -0.490 e. The molecule has 1 amide bonds. The minimum absolute atomic E-state index is 0.0485. The predicted molar refractivity (Wildman–Crippen MR) is 89.2 cm³/mol. The van der Waals surface area contributed by atoms with Gasteiger partial charge in [0.1, 0.15) is 5.70 Å². The fourth-order valence-electron chi connectivity index (χ4n) is 2.04. The molecule has 2 aromatic rings. The van der Waals surface area contributed by atoms with Crippen molar-refractivity contribution in [3.63, 3.8) is 0 Å². The van der Waals surface area contributed by atoms with Crippen LogP contribution in [-0.2, 0) is 4.79 Å². The fraction of sp³-hybridized carbons (Fsp3) is 0.0588. The molecule has 0 fully saturated rings. The van der Waals surface area contributed by atoms with Gasteiger partial charge in [0.15, 0.2) is 5.75 Å². The molecule has 0 bridgehead atoms. The zero-order valence-corrected chi connectivity index (χ0v) is 13.1. The van der Waals surface area contributed by atoms with Gasteiger partial charge in [-0.2, -0.15) is 0 Å². The molecule has 0 aromatic heterocycles. The minimum atomic E-state index is -1.37. The standard InChI is InChI=1S/C17H14N2O6/c1-25-15-8-7-11(10-14(15)19(23)24)9-13(17(21)22)18-16(20)12-5-3-2-4-6-12/h2-10H,1H3,(H,18,20)(H,21,22)/b13-9+. The first-order valence-electron chi connectivity index (χ1n) is 7.06. The molecule has 2 N–H and O–H groups in total. The molecule has 0 saturated heterocycles. The SMILES string of the molecule is COc1ccc(/C=C(/NC(=O)c2ccccc2)C(=O)O)cc1[N+](=O)[O-]. The molecule has 0 aliphatic rings. The largest absolute Gasteiger partial charge is 0.490 e. The van der Waals surface area contributed by atoms with Crippen molar-refractivity contribution in [2.24, 2.45) is 0 Å². The van der Waals surface area contributed by atoms with Crippen molar-refractivity contribution in [3.05, 3.63) is 75.5 Å². The highest BCUT2D eigenvalue weighted by atomic mass is 16.6. The van der Waals surface area contributed by atoms with Crippen LogP contribution in [0.15, 0.2) is 54.2 Å². The summed E-state index contributed by atoms with van der Waals surface area (Å²) in [5, 5.41) is 22.6. The van der Waals surface area contributed by atoms with Crippen LogP contribution in [0.2, 0.25) is 0 Å². The van der Waals surface area contributed by atoms with E-state index in [1.54, 1.807) is 18.2 Å². The number of aliphatic carboxylic acids is 1. The Labute approximate surface area is 142 Å². The molecule has 8 nitrogen and oxygen atoms in total. The first-order valence-corrected chi connectivity index (χ1v) is 7.06. The van der Waals surface area contributed by atoms with Crippen LogP contribution in [0.25, 0.3) is 6.08 Å². The summed E-state index contributed by atoms with van der Waals surface area (Å²) in [6, 6.07) is 12.0. The molecular formula is C17H14N2O6. The number of hydrogen-bond acceptors (Lipinski definition) is 5. The van der Waals surface area contributed by atoms with Gasteiger partial charge in [0.2, 0.25) is 0 Å². The predicted octanol–water partition coefficient (Wildman–Crippen LogP) is 2.46. The Hall–Kier alpha value is -3.68. The van der Waals surface area contributed by atoms with E-state index >= 15 is 0 Å². The van der Waals surface area contributed by atoms with Gasteiger partial charge < -0.3 is 15.2 Å². The quantitative estimate of drug-likeness (QED) is 0.473. The zero-order valence-electron chi connectivity index (χ0n) is 13.1. The van der Waals surface area contributed by atoms with E-state index in [2.05, 4.69) is 5.32 Å². The van der Waals surface area contributed by atoms with Crippen molar-refractivity contribution < 1.29 is 24.4 Å². The number of ether oxygens (including phenoxy) is 1. The van der Waals surface area contributed by atoms with Crippen LogP contribution in [0.3, 0.4) is 0 Å². The number of methoxy groups -OCH3 is 1. The molecule has 0 spiro atoms. The van der Waals surface area contributed by atoms with Crippen molar-refractivity contribution in [2.45, 2.75) is 0 Å². The van der Waals surface area contributed by atoms with E-state index < -0.39 is 22.5 Å². The summed E-state index contributed by atoms with van der Waals surface area (Å²) in [5.41, 5.74) is -0.197. The average Bonchev–Trinajstić information content (AvgIpc) is 2.61. The number of carboxylic acid groups (broad SMARTS) is 1.